The van der Waals surface area contributed by atoms with Gasteiger partial charge in [-0.2, -0.15) is 0 Å². The molecule has 6 N–H and O–H groups in total. The van der Waals surface area contributed by atoms with Gasteiger partial charge in [-0.3, -0.25) is 9.59 Å². The number of rotatable bonds is 9. The van der Waals surface area contributed by atoms with Crippen LogP contribution in [-0.2, 0) is 9.59 Å². The van der Waals surface area contributed by atoms with E-state index in [1.807, 2.05) is 30.3 Å². The number of para-hydroxylation sites is 1. The van der Waals surface area contributed by atoms with Crippen molar-refractivity contribution in [1.29, 1.82) is 0 Å². The van der Waals surface area contributed by atoms with Crippen LogP contribution in [0.1, 0.15) is 12.8 Å². The van der Waals surface area contributed by atoms with Crippen LogP contribution in [0.3, 0.4) is 0 Å². The molecule has 2 amide bonds. The van der Waals surface area contributed by atoms with Gasteiger partial charge < -0.3 is 26.8 Å². The molecular weight excluding hydrogens is 332 g/mol. The van der Waals surface area contributed by atoms with Crippen molar-refractivity contribution in [3.05, 3.63) is 54.6 Å². The smallest absolute Gasteiger partial charge is 0.236 e. The van der Waals surface area contributed by atoms with E-state index in [1.165, 1.54) is 0 Å². The fourth-order valence-electron chi connectivity index (χ4n) is 2.20. The second-order valence-electron chi connectivity index (χ2n) is 5.71. The van der Waals surface area contributed by atoms with Crippen molar-refractivity contribution in [2.24, 2.45) is 11.5 Å². The molecule has 0 saturated carbocycles. The summed E-state index contributed by atoms with van der Waals surface area (Å²) in [6, 6.07) is 15.8. The molecule has 7 nitrogen and oxygen atoms in total. The quantitative estimate of drug-likeness (QED) is 0.544. The second-order valence-corrected chi connectivity index (χ2v) is 5.71. The highest BCUT2D eigenvalue weighted by Crippen LogP contribution is 2.22. The number of carbonyl (C=O) groups is 2. The Morgan fingerprint density at radius 3 is 2.31 bits per heavy atom. The van der Waals surface area contributed by atoms with Gasteiger partial charge in [0.2, 0.25) is 11.8 Å². The molecular formula is C19H24N4O3. The van der Waals surface area contributed by atoms with Crippen molar-refractivity contribution < 1.29 is 14.3 Å². The molecule has 2 aromatic rings. The highest BCUT2D eigenvalue weighted by Gasteiger charge is 2.14. The zero-order chi connectivity index (χ0) is 18.8. The van der Waals surface area contributed by atoms with Crippen LogP contribution in [0.2, 0.25) is 0 Å². The highest BCUT2D eigenvalue weighted by atomic mass is 16.5. The first-order chi connectivity index (χ1) is 12.6. The molecule has 0 aliphatic heterocycles. The number of benzene rings is 2. The molecule has 0 aromatic heterocycles. The normalized spacial score (nSPS) is 11.5. The summed E-state index contributed by atoms with van der Waals surface area (Å²) in [6.07, 6.45) is 0.414. The lowest BCUT2D eigenvalue weighted by molar-refractivity contribution is -0.122. The average molecular weight is 356 g/mol. The summed E-state index contributed by atoms with van der Waals surface area (Å²) in [4.78, 5) is 23.6. The summed E-state index contributed by atoms with van der Waals surface area (Å²) in [6.45, 7) is 0.721. The SMILES string of the molecule is NCCNC(=O)[C@@H](N)CCC(=O)Nc1ccc(Oc2ccccc2)cc1. The van der Waals surface area contributed by atoms with Crippen molar-refractivity contribution in [3.63, 3.8) is 0 Å². The van der Waals surface area contributed by atoms with Gasteiger partial charge in [-0.05, 0) is 42.8 Å². The van der Waals surface area contributed by atoms with Gasteiger partial charge in [0, 0.05) is 25.2 Å². The molecule has 26 heavy (non-hydrogen) atoms. The molecule has 2 rings (SSSR count). The summed E-state index contributed by atoms with van der Waals surface area (Å²) in [5.41, 5.74) is 11.7. The van der Waals surface area contributed by atoms with Crippen LogP contribution < -0.4 is 26.8 Å². The number of carbonyl (C=O) groups excluding carboxylic acids is 2. The topological polar surface area (TPSA) is 119 Å². The molecule has 0 radical (unpaired) electrons. The number of anilines is 1. The van der Waals surface area contributed by atoms with Crippen molar-refractivity contribution in [1.82, 2.24) is 5.32 Å². The van der Waals surface area contributed by atoms with Crippen LogP contribution in [0.25, 0.3) is 0 Å². The minimum atomic E-state index is -0.728. The molecule has 0 saturated heterocycles. The molecule has 2 aromatic carbocycles. The zero-order valence-corrected chi connectivity index (χ0v) is 14.5. The zero-order valence-electron chi connectivity index (χ0n) is 14.5. The monoisotopic (exact) mass is 356 g/mol. The Hall–Kier alpha value is -2.90. The number of ether oxygens (including phenoxy) is 1. The molecule has 0 heterocycles. The summed E-state index contributed by atoms with van der Waals surface area (Å²) in [5.74, 6) is 0.911. The van der Waals surface area contributed by atoms with Crippen LogP contribution >= 0.6 is 0 Å². The molecule has 0 bridgehead atoms. The maximum atomic E-state index is 12.0. The lowest BCUT2D eigenvalue weighted by Gasteiger charge is -2.12. The van der Waals surface area contributed by atoms with Gasteiger partial charge in [0.05, 0.1) is 6.04 Å². The molecule has 0 unspecified atom stereocenters. The predicted molar refractivity (Wildman–Crippen MR) is 101 cm³/mol. The maximum Gasteiger partial charge on any atom is 0.236 e. The highest BCUT2D eigenvalue weighted by molar-refractivity contribution is 5.91. The van der Waals surface area contributed by atoms with Crippen LogP contribution in [0, 0.1) is 0 Å². The van der Waals surface area contributed by atoms with E-state index in [1.54, 1.807) is 24.3 Å². The molecule has 1 atom stereocenters. The van der Waals surface area contributed by atoms with Crippen molar-refractivity contribution in [3.8, 4) is 11.5 Å². The summed E-state index contributed by atoms with van der Waals surface area (Å²) in [7, 11) is 0. The van der Waals surface area contributed by atoms with E-state index < -0.39 is 6.04 Å². The summed E-state index contributed by atoms with van der Waals surface area (Å²) < 4.78 is 5.69. The summed E-state index contributed by atoms with van der Waals surface area (Å²) >= 11 is 0. The fourth-order valence-corrected chi connectivity index (χ4v) is 2.20. The van der Waals surface area contributed by atoms with Gasteiger partial charge in [-0.25, -0.2) is 0 Å². The third-order valence-corrected chi connectivity index (χ3v) is 3.58. The van der Waals surface area contributed by atoms with Gasteiger partial charge >= 0.3 is 0 Å². The first kappa shape index (κ1) is 19.4. The Kier molecular flexibility index (Phi) is 7.60. The number of amides is 2. The molecule has 0 spiro atoms. The Balaban J connectivity index is 1.77. The van der Waals surface area contributed by atoms with E-state index in [0.717, 1.165) is 5.75 Å². The van der Waals surface area contributed by atoms with E-state index in [2.05, 4.69) is 10.6 Å². The molecule has 138 valence electrons. The van der Waals surface area contributed by atoms with Gasteiger partial charge in [-0.15, -0.1) is 0 Å². The van der Waals surface area contributed by atoms with Crippen molar-refractivity contribution in [2.45, 2.75) is 18.9 Å². The molecule has 0 fully saturated rings. The van der Waals surface area contributed by atoms with E-state index in [-0.39, 0.29) is 24.7 Å². The number of hydrogen-bond donors (Lipinski definition) is 4. The van der Waals surface area contributed by atoms with E-state index in [0.29, 0.717) is 24.5 Å². The third kappa shape index (κ3) is 6.54. The van der Waals surface area contributed by atoms with Crippen molar-refractivity contribution in [2.75, 3.05) is 18.4 Å². The third-order valence-electron chi connectivity index (χ3n) is 3.58. The summed E-state index contributed by atoms with van der Waals surface area (Å²) in [5, 5.41) is 5.37. The Labute approximate surface area is 152 Å². The van der Waals surface area contributed by atoms with Crippen LogP contribution in [0.4, 0.5) is 5.69 Å². The number of hydrogen-bond acceptors (Lipinski definition) is 5. The Bertz CT molecular complexity index is 704. The van der Waals surface area contributed by atoms with Gasteiger partial charge in [-0.1, -0.05) is 18.2 Å². The lowest BCUT2D eigenvalue weighted by atomic mass is 10.1. The molecule has 0 aliphatic carbocycles. The Morgan fingerprint density at radius 2 is 1.65 bits per heavy atom. The Morgan fingerprint density at radius 1 is 1.00 bits per heavy atom. The van der Waals surface area contributed by atoms with Crippen molar-refractivity contribution >= 4 is 17.5 Å². The standard InChI is InChI=1S/C19H24N4O3/c20-12-13-22-19(25)17(21)10-11-18(24)23-14-6-8-16(9-7-14)26-15-4-2-1-3-5-15/h1-9,17H,10-13,20-21H2,(H,22,25)(H,23,24)/t17-/m0/s1. The van der Waals surface area contributed by atoms with Gasteiger partial charge in [0.1, 0.15) is 11.5 Å². The van der Waals surface area contributed by atoms with E-state index in [9.17, 15) is 9.59 Å². The minimum Gasteiger partial charge on any atom is -0.457 e. The second kappa shape index (κ2) is 10.2. The first-order valence-corrected chi connectivity index (χ1v) is 8.44. The minimum absolute atomic E-state index is 0.152. The lowest BCUT2D eigenvalue weighted by Crippen LogP contribution is -2.42. The molecule has 0 aliphatic rings. The van der Waals surface area contributed by atoms with Gasteiger partial charge in [0.15, 0.2) is 0 Å². The van der Waals surface area contributed by atoms with Crippen LogP contribution in [0.15, 0.2) is 54.6 Å². The van der Waals surface area contributed by atoms with Crippen LogP contribution in [0.5, 0.6) is 11.5 Å². The first-order valence-electron chi connectivity index (χ1n) is 8.44. The number of nitrogens with one attached hydrogen (secondary N) is 2. The number of nitrogens with two attached hydrogens (primary N) is 2. The predicted octanol–water partition coefficient (Wildman–Crippen LogP) is 1.60. The van der Waals surface area contributed by atoms with Gasteiger partial charge in [0.25, 0.3) is 0 Å². The molecule has 7 heteroatoms. The van der Waals surface area contributed by atoms with E-state index in [4.69, 9.17) is 16.2 Å². The van der Waals surface area contributed by atoms with E-state index >= 15 is 0 Å². The fraction of sp³-hybridized carbons (Fsp3) is 0.263. The maximum absolute atomic E-state index is 12.0. The average Bonchev–Trinajstić information content (AvgIpc) is 2.66. The largest absolute Gasteiger partial charge is 0.457 e. The van der Waals surface area contributed by atoms with Crippen LogP contribution in [-0.4, -0.2) is 30.9 Å².